The molecule has 0 bridgehead atoms. The maximum atomic E-state index is 2.48. The highest BCUT2D eigenvalue weighted by molar-refractivity contribution is 6.89. The first-order valence-corrected chi connectivity index (χ1v) is 30.4. The third-order valence-electron chi connectivity index (χ3n) is 14.6. The molecule has 0 atom stereocenters. The SMILES string of the molecule is C[Si](C)(C)c1ccc2c3ccccc3n(-c3ccc(-c4c5c(c(-c6ccc(-n7c8ccccc8c8ccc([Si](C)(C)C)cc87)cc6)c6ccccc46)-c4cccc6cccc-5c46)cc3)c2c1. The lowest BCUT2D eigenvalue weighted by molar-refractivity contribution is 1.18. The van der Waals surface area contributed by atoms with Crippen molar-refractivity contribution < 1.29 is 0 Å². The number of rotatable bonds is 6. The maximum absolute atomic E-state index is 2.48. The molecule has 2 aromatic heterocycles. The highest BCUT2D eigenvalue weighted by Gasteiger charge is 2.31. The summed E-state index contributed by atoms with van der Waals surface area (Å²) in [5.41, 5.74) is 17.7. The smallest absolute Gasteiger partial charge is 0.0776 e. The molecule has 13 rings (SSSR count). The molecule has 0 amide bonds. The molecule has 10 aromatic carbocycles. The van der Waals surface area contributed by atoms with Crippen molar-refractivity contribution in [2.24, 2.45) is 0 Å². The molecule has 4 heteroatoms. The molecule has 0 N–H and O–H groups in total. The highest BCUT2D eigenvalue weighted by atomic mass is 28.3. The normalized spacial score (nSPS) is 12.7. The molecule has 316 valence electrons. The van der Waals surface area contributed by atoms with Crippen LogP contribution in [0.15, 0.2) is 194 Å². The van der Waals surface area contributed by atoms with E-state index in [0.29, 0.717) is 0 Å². The lowest BCUT2D eigenvalue weighted by atomic mass is 9.82. The topological polar surface area (TPSA) is 9.86 Å². The van der Waals surface area contributed by atoms with Crippen molar-refractivity contribution in [2.45, 2.75) is 39.3 Å². The van der Waals surface area contributed by atoms with E-state index in [9.17, 15) is 0 Å². The van der Waals surface area contributed by atoms with E-state index < -0.39 is 16.1 Å². The number of hydrogen-bond donors (Lipinski definition) is 0. The van der Waals surface area contributed by atoms with Crippen LogP contribution in [-0.4, -0.2) is 25.3 Å². The number of para-hydroxylation sites is 2. The Balaban J connectivity index is 1.02. The van der Waals surface area contributed by atoms with Crippen LogP contribution in [0.1, 0.15) is 0 Å². The average Bonchev–Trinajstić information content (AvgIpc) is 3.97. The molecule has 1 aliphatic carbocycles. The predicted molar refractivity (Wildman–Crippen MR) is 291 cm³/mol. The quantitative estimate of drug-likeness (QED) is 0.147. The summed E-state index contributed by atoms with van der Waals surface area (Å²) in [6.45, 7) is 14.6. The number of fused-ring (bicyclic) bond motifs is 10. The summed E-state index contributed by atoms with van der Waals surface area (Å²) in [5.74, 6) is 0. The minimum atomic E-state index is -1.55. The summed E-state index contributed by atoms with van der Waals surface area (Å²) in [5, 5.41) is 13.3. The maximum Gasteiger partial charge on any atom is 0.0776 e. The van der Waals surface area contributed by atoms with E-state index >= 15 is 0 Å². The van der Waals surface area contributed by atoms with Gasteiger partial charge in [-0.15, -0.1) is 0 Å². The summed E-state index contributed by atoms with van der Waals surface area (Å²) >= 11 is 0. The zero-order valence-corrected chi connectivity index (χ0v) is 40.4. The fourth-order valence-corrected chi connectivity index (χ4v) is 13.6. The van der Waals surface area contributed by atoms with E-state index in [4.69, 9.17) is 0 Å². The van der Waals surface area contributed by atoms with Crippen LogP contribution in [0, 0.1) is 0 Å². The van der Waals surface area contributed by atoms with Gasteiger partial charge in [-0.05, 0) is 115 Å². The van der Waals surface area contributed by atoms with Crippen LogP contribution >= 0.6 is 0 Å². The molecule has 66 heavy (non-hydrogen) atoms. The fourth-order valence-electron chi connectivity index (χ4n) is 11.3. The molecule has 1 aliphatic rings. The van der Waals surface area contributed by atoms with Crippen molar-refractivity contribution in [3.8, 4) is 55.9 Å². The van der Waals surface area contributed by atoms with E-state index in [1.807, 2.05) is 0 Å². The van der Waals surface area contributed by atoms with Crippen molar-refractivity contribution in [1.82, 2.24) is 9.13 Å². The Kier molecular flexibility index (Phi) is 8.38. The van der Waals surface area contributed by atoms with Crippen LogP contribution in [0.4, 0.5) is 0 Å². The molecule has 2 heterocycles. The Bertz CT molecular complexity index is 3730. The Morgan fingerprint density at radius 2 is 0.682 bits per heavy atom. The van der Waals surface area contributed by atoms with Gasteiger partial charge >= 0.3 is 0 Å². The van der Waals surface area contributed by atoms with Crippen molar-refractivity contribution in [3.05, 3.63) is 194 Å². The Morgan fingerprint density at radius 3 is 1.09 bits per heavy atom. The predicted octanol–water partition coefficient (Wildman–Crippen LogP) is 16.3. The van der Waals surface area contributed by atoms with E-state index in [2.05, 4.69) is 243 Å². The zero-order valence-electron chi connectivity index (χ0n) is 38.4. The van der Waals surface area contributed by atoms with Crippen molar-refractivity contribution in [3.63, 3.8) is 0 Å². The van der Waals surface area contributed by atoms with Crippen LogP contribution in [-0.2, 0) is 0 Å². The Morgan fingerprint density at radius 1 is 0.303 bits per heavy atom. The van der Waals surface area contributed by atoms with E-state index in [1.54, 1.807) is 0 Å². The lowest BCUT2D eigenvalue weighted by Gasteiger charge is -2.21. The van der Waals surface area contributed by atoms with Gasteiger partial charge in [0, 0.05) is 32.9 Å². The number of aromatic nitrogens is 2. The highest BCUT2D eigenvalue weighted by Crippen LogP contribution is 2.57. The summed E-state index contributed by atoms with van der Waals surface area (Å²) in [6.07, 6.45) is 0. The number of nitrogens with zero attached hydrogens (tertiary/aromatic N) is 2. The van der Waals surface area contributed by atoms with Gasteiger partial charge in [-0.25, -0.2) is 0 Å². The molecule has 0 unspecified atom stereocenters. The largest absolute Gasteiger partial charge is 0.309 e. The van der Waals surface area contributed by atoms with Gasteiger partial charge in [-0.1, -0.05) is 195 Å². The van der Waals surface area contributed by atoms with Crippen LogP contribution in [0.2, 0.25) is 39.3 Å². The van der Waals surface area contributed by atoms with Gasteiger partial charge in [-0.3, -0.25) is 0 Å². The van der Waals surface area contributed by atoms with Crippen LogP contribution in [0.3, 0.4) is 0 Å². The summed E-state index contributed by atoms with van der Waals surface area (Å²) in [7, 11) is -3.09. The van der Waals surface area contributed by atoms with Gasteiger partial charge in [0.15, 0.2) is 0 Å². The van der Waals surface area contributed by atoms with Crippen LogP contribution in [0.5, 0.6) is 0 Å². The fraction of sp³-hybridized carbons (Fsp3) is 0.0968. The van der Waals surface area contributed by atoms with Crippen molar-refractivity contribution in [2.75, 3.05) is 0 Å². The van der Waals surface area contributed by atoms with Gasteiger partial charge in [0.1, 0.15) is 0 Å². The molecule has 2 nitrogen and oxygen atoms in total. The number of hydrogen-bond acceptors (Lipinski definition) is 0. The van der Waals surface area contributed by atoms with E-state index in [-0.39, 0.29) is 0 Å². The Hall–Kier alpha value is -7.25. The first-order valence-electron chi connectivity index (χ1n) is 23.4. The first-order chi connectivity index (χ1) is 32.0. The molecule has 12 aromatic rings. The van der Waals surface area contributed by atoms with E-state index in [1.165, 1.54) is 131 Å². The van der Waals surface area contributed by atoms with Gasteiger partial charge in [0.25, 0.3) is 0 Å². The first kappa shape index (κ1) is 39.1. The average molecular weight is 879 g/mol. The zero-order chi connectivity index (χ0) is 44.6. The van der Waals surface area contributed by atoms with E-state index in [0.717, 1.165) is 0 Å². The molecule has 0 spiro atoms. The Labute approximate surface area is 388 Å². The minimum Gasteiger partial charge on any atom is -0.309 e. The van der Waals surface area contributed by atoms with Crippen molar-refractivity contribution >= 4 is 91.7 Å². The second-order valence-corrected chi connectivity index (χ2v) is 30.7. The summed E-state index contributed by atoms with van der Waals surface area (Å²) < 4.78 is 4.96. The molecule has 0 saturated carbocycles. The summed E-state index contributed by atoms with van der Waals surface area (Å²) in [6, 6.07) is 73.9. The molecule has 0 radical (unpaired) electrons. The molecule has 0 aliphatic heterocycles. The monoisotopic (exact) mass is 878 g/mol. The third-order valence-corrected chi connectivity index (χ3v) is 18.7. The van der Waals surface area contributed by atoms with Gasteiger partial charge in [-0.2, -0.15) is 0 Å². The second-order valence-electron chi connectivity index (χ2n) is 20.5. The molecule has 0 saturated heterocycles. The molecule has 0 fully saturated rings. The summed E-state index contributed by atoms with van der Waals surface area (Å²) in [4.78, 5) is 0. The minimum absolute atomic E-state index is 1.18. The van der Waals surface area contributed by atoms with Crippen molar-refractivity contribution in [1.29, 1.82) is 0 Å². The molecular formula is C62H50N2Si2. The van der Waals surface area contributed by atoms with Crippen LogP contribution < -0.4 is 10.4 Å². The third kappa shape index (κ3) is 5.71. The standard InChI is InChI=1S/C62H50N2Si2/c1-65(2,3)44-33-35-48-46-17-9-11-23-54(46)63(56(48)37-44)42-29-25-40(26-30-42)59-50-19-7-8-20-51(50)60(62-53-22-14-16-39-15-13-21-52(58(39)53)61(59)62)41-27-31-43(32-28-41)64-55-24-12-10-18-47(55)49-36-34-45(38-57(49)64)66(4,5)6/h7-38H,1-6H3. The lowest BCUT2D eigenvalue weighted by Crippen LogP contribution is -2.37. The second kappa shape index (κ2) is 14.1. The molecular weight excluding hydrogens is 829 g/mol. The number of benzene rings is 10. The van der Waals surface area contributed by atoms with Gasteiger partial charge < -0.3 is 9.13 Å². The van der Waals surface area contributed by atoms with Gasteiger partial charge in [0.05, 0.1) is 38.2 Å². The van der Waals surface area contributed by atoms with Crippen LogP contribution in [0.25, 0.3) is 121 Å². The van der Waals surface area contributed by atoms with Gasteiger partial charge in [0.2, 0.25) is 0 Å².